The SMILES string of the molecule is Nc1ncc(O)c(N)c1C(F)F. The van der Waals surface area contributed by atoms with Gasteiger partial charge in [0.25, 0.3) is 6.43 Å². The number of hydrogen-bond donors (Lipinski definition) is 3. The van der Waals surface area contributed by atoms with Crippen LogP contribution in [0.5, 0.6) is 5.75 Å². The molecule has 0 aliphatic rings. The molecule has 12 heavy (non-hydrogen) atoms. The van der Waals surface area contributed by atoms with Crippen molar-refractivity contribution in [3.8, 4) is 5.75 Å². The first-order valence-electron chi connectivity index (χ1n) is 3.05. The van der Waals surface area contributed by atoms with Gasteiger partial charge in [-0.15, -0.1) is 0 Å². The number of rotatable bonds is 1. The van der Waals surface area contributed by atoms with Gasteiger partial charge in [0.1, 0.15) is 5.82 Å². The molecule has 0 aromatic carbocycles. The number of anilines is 2. The molecule has 0 aliphatic heterocycles. The second kappa shape index (κ2) is 2.80. The minimum absolute atomic E-state index is 0.361. The van der Waals surface area contributed by atoms with Crippen molar-refractivity contribution in [1.29, 1.82) is 0 Å². The predicted octanol–water partition coefficient (Wildman–Crippen LogP) is 0.889. The van der Waals surface area contributed by atoms with E-state index in [0.717, 1.165) is 6.20 Å². The van der Waals surface area contributed by atoms with Crippen molar-refractivity contribution in [3.63, 3.8) is 0 Å². The molecule has 6 heteroatoms. The van der Waals surface area contributed by atoms with Gasteiger partial charge in [0.05, 0.1) is 17.4 Å². The molecule has 0 spiro atoms. The highest BCUT2D eigenvalue weighted by atomic mass is 19.3. The third-order valence-corrected chi connectivity index (χ3v) is 1.39. The highest BCUT2D eigenvalue weighted by Crippen LogP contribution is 2.34. The van der Waals surface area contributed by atoms with E-state index in [2.05, 4.69) is 4.98 Å². The lowest BCUT2D eigenvalue weighted by molar-refractivity contribution is 0.152. The van der Waals surface area contributed by atoms with Crippen molar-refractivity contribution in [2.45, 2.75) is 6.43 Å². The zero-order chi connectivity index (χ0) is 9.30. The van der Waals surface area contributed by atoms with Crippen LogP contribution in [-0.4, -0.2) is 10.1 Å². The van der Waals surface area contributed by atoms with Crippen molar-refractivity contribution in [3.05, 3.63) is 11.8 Å². The first-order valence-corrected chi connectivity index (χ1v) is 3.05. The van der Waals surface area contributed by atoms with Gasteiger partial charge in [-0.1, -0.05) is 0 Å². The Morgan fingerprint density at radius 3 is 2.42 bits per heavy atom. The normalized spacial score (nSPS) is 10.6. The summed E-state index contributed by atoms with van der Waals surface area (Å²) in [5, 5.41) is 8.90. The van der Waals surface area contributed by atoms with Crippen molar-refractivity contribution in [2.24, 2.45) is 0 Å². The van der Waals surface area contributed by atoms with Crippen molar-refractivity contribution >= 4 is 11.5 Å². The number of alkyl halides is 2. The fraction of sp³-hybridized carbons (Fsp3) is 0.167. The number of nitrogen functional groups attached to an aromatic ring is 2. The van der Waals surface area contributed by atoms with Crippen LogP contribution in [0.1, 0.15) is 12.0 Å². The maximum atomic E-state index is 12.2. The van der Waals surface area contributed by atoms with Crippen molar-refractivity contribution < 1.29 is 13.9 Å². The zero-order valence-electron chi connectivity index (χ0n) is 5.96. The quantitative estimate of drug-likeness (QED) is 0.591. The van der Waals surface area contributed by atoms with E-state index in [4.69, 9.17) is 16.6 Å². The summed E-state index contributed by atoms with van der Waals surface area (Å²) < 4.78 is 24.3. The summed E-state index contributed by atoms with van der Waals surface area (Å²) in [6, 6.07) is 0. The zero-order valence-corrected chi connectivity index (χ0v) is 5.96. The minimum Gasteiger partial charge on any atom is -0.504 e. The summed E-state index contributed by atoms with van der Waals surface area (Å²) in [4.78, 5) is 3.33. The van der Waals surface area contributed by atoms with E-state index >= 15 is 0 Å². The van der Waals surface area contributed by atoms with Crippen LogP contribution in [0.3, 0.4) is 0 Å². The Balaban J connectivity index is 3.33. The summed E-state index contributed by atoms with van der Waals surface area (Å²) in [7, 11) is 0. The van der Waals surface area contributed by atoms with Crippen LogP contribution in [0.2, 0.25) is 0 Å². The molecule has 4 nitrogen and oxygen atoms in total. The van der Waals surface area contributed by atoms with Gasteiger partial charge < -0.3 is 16.6 Å². The van der Waals surface area contributed by atoms with Crippen molar-refractivity contribution in [1.82, 2.24) is 4.98 Å². The van der Waals surface area contributed by atoms with Gasteiger partial charge in [-0.3, -0.25) is 0 Å². The largest absolute Gasteiger partial charge is 0.504 e. The van der Waals surface area contributed by atoms with Crippen LogP contribution in [0.15, 0.2) is 6.20 Å². The summed E-state index contributed by atoms with van der Waals surface area (Å²) in [6.45, 7) is 0. The fourth-order valence-electron chi connectivity index (χ4n) is 0.775. The lowest BCUT2D eigenvalue weighted by atomic mass is 10.2. The number of aromatic hydroxyl groups is 1. The molecule has 0 amide bonds. The number of nitrogens with two attached hydrogens (primary N) is 2. The summed E-state index contributed by atoms with van der Waals surface area (Å²) in [5.74, 6) is -0.847. The molecule has 0 aliphatic carbocycles. The fourth-order valence-corrected chi connectivity index (χ4v) is 0.775. The third-order valence-electron chi connectivity index (χ3n) is 1.39. The average molecular weight is 175 g/mol. The molecule has 0 fully saturated rings. The number of nitrogens with zero attached hydrogens (tertiary/aromatic N) is 1. The van der Waals surface area contributed by atoms with E-state index in [0.29, 0.717) is 0 Å². The Hall–Kier alpha value is -1.59. The Morgan fingerprint density at radius 1 is 1.42 bits per heavy atom. The molecule has 1 heterocycles. The number of hydrogen-bond acceptors (Lipinski definition) is 4. The molecule has 0 atom stereocenters. The molecule has 1 aromatic heterocycles. The third kappa shape index (κ3) is 1.23. The van der Waals surface area contributed by atoms with Crippen LogP contribution in [0.25, 0.3) is 0 Å². The first-order chi connectivity index (χ1) is 5.54. The molecule has 0 saturated heterocycles. The van der Waals surface area contributed by atoms with E-state index in [1.54, 1.807) is 0 Å². The van der Waals surface area contributed by atoms with Crippen LogP contribution < -0.4 is 11.5 Å². The van der Waals surface area contributed by atoms with Gasteiger partial charge in [0.2, 0.25) is 0 Å². The molecule has 0 saturated carbocycles. The van der Waals surface area contributed by atoms with Gasteiger partial charge >= 0.3 is 0 Å². The highest BCUT2D eigenvalue weighted by Gasteiger charge is 2.18. The second-order valence-corrected chi connectivity index (χ2v) is 2.16. The highest BCUT2D eigenvalue weighted by molar-refractivity contribution is 5.64. The van der Waals surface area contributed by atoms with Gasteiger partial charge in [-0.25, -0.2) is 13.8 Å². The van der Waals surface area contributed by atoms with Gasteiger partial charge in [0, 0.05) is 0 Å². The van der Waals surface area contributed by atoms with E-state index in [-0.39, 0.29) is 5.82 Å². The van der Waals surface area contributed by atoms with Gasteiger partial charge in [-0.05, 0) is 0 Å². The maximum absolute atomic E-state index is 12.2. The predicted molar refractivity (Wildman–Crippen MR) is 39.7 cm³/mol. The molecule has 1 aromatic rings. The molecule has 66 valence electrons. The number of aromatic nitrogens is 1. The second-order valence-electron chi connectivity index (χ2n) is 2.16. The smallest absolute Gasteiger partial charge is 0.269 e. The van der Waals surface area contributed by atoms with Crippen LogP contribution in [0.4, 0.5) is 20.3 Å². The van der Waals surface area contributed by atoms with E-state index < -0.39 is 23.4 Å². The molecular formula is C6H7F2N3O. The summed E-state index contributed by atoms with van der Waals surface area (Å²) in [5.41, 5.74) is 9.21. The lowest BCUT2D eigenvalue weighted by Crippen LogP contribution is -2.03. The van der Waals surface area contributed by atoms with Gasteiger partial charge in [0.15, 0.2) is 5.75 Å². The van der Waals surface area contributed by atoms with Gasteiger partial charge in [-0.2, -0.15) is 0 Å². The first kappa shape index (κ1) is 8.51. The monoisotopic (exact) mass is 175 g/mol. The average Bonchev–Trinajstić information content (AvgIpc) is 1.97. The molecule has 0 unspecified atom stereocenters. The topological polar surface area (TPSA) is 85.2 Å². The molecule has 0 bridgehead atoms. The van der Waals surface area contributed by atoms with E-state index in [9.17, 15) is 8.78 Å². The van der Waals surface area contributed by atoms with Crippen molar-refractivity contribution in [2.75, 3.05) is 11.5 Å². The summed E-state index contributed by atoms with van der Waals surface area (Å²) in [6.07, 6.45) is -1.90. The van der Waals surface area contributed by atoms with Crippen LogP contribution in [-0.2, 0) is 0 Å². The molecule has 5 N–H and O–H groups in total. The Bertz CT molecular complexity index is 303. The standard InChI is InChI=1S/C6H7F2N3O/c7-5(8)3-4(9)2(12)1-11-6(3)10/h1,5,12H,(H4,9,10,11). The molecular weight excluding hydrogens is 168 g/mol. The molecule has 0 radical (unpaired) electrons. The Labute approximate surface area is 66.8 Å². The van der Waals surface area contributed by atoms with Crippen LogP contribution in [0, 0.1) is 0 Å². The Kier molecular flexibility index (Phi) is 1.99. The van der Waals surface area contributed by atoms with E-state index in [1.807, 2.05) is 0 Å². The lowest BCUT2D eigenvalue weighted by Gasteiger charge is -2.07. The minimum atomic E-state index is -2.83. The molecule has 1 rings (SSSR count). The van der Waals surface area contributed by atoms with E-state index in [1.165, 1.54) is 0 Å². The maximum Gasteiger partial charge on any atom is 0.269 e. The number of pyridine rings is 1. The van der Waals surface area contributed by atoms with Crippen LogP contribution >= 0.6 is 0 Å². The number of halogens is 2. The Morgan fingerprint density at radius 2 is 2.00 bits per heavy atom. The summed E-state index contributed by atoms with van der Waals surface area (Å²) >= 11 is 0.